The summed E-state index contributed by atoms with van der Waals surface area (Å²) in [5, 5.41) is 11.3. The fourth-order valence-corrected chi connectivity index (χ4v) is 4.15. The molecular formula is C28H29NO5. The van der Waals surface area contributed by atoms with E-state index in [2.05, 4.69) is 13.8 Å². The number of amides is 1. The lowest BCUT2D eigenvalue weighted by Crippen LogP contribution is -2.29. The zero-order valence-electron chi connectivity index (χ0n) is 20.1. The van der Waals surface area contributed by atoms with Crippen LogP contribution in [0.25, 0.3) is 5.76 Å². The van der Waals surface area contributed by atoms with Crippen molar-refractivity contribution in [2.75, 3.05) is 11.5 Å². The number of ether oxygens (including phenoxy) is 1. The Hall–Kier alpha value is -3.80. The lowest BCUT2D eigenvalue weighted by atomic mass is 9.98. The maximum atomic E-state index is 13.3. The molecule has 2 heterocycles. The van der Waals surface area contributed by atoms with Crippen LogP contribution in [0.3, 0.4) is 0 Å². The van der Waals surface area contributed by atoms with E-state index in [4.69, 9.17) is 9.15 Å². The SMILES string of the molecule is Cc1ccc(C2/C(=C(/O)c3ccc(OCC(C)C)c(C)c3)C(=O)C(=O)N2c2ccccc2C)o1. The van der Waals surface area contributed by atoms with E-state index in [-0.39, 0.29) is 11.3 Å². The third-order valence-corrected chi connectivity index (χ3v) is 5.87. The van der Waals surface area contributed by atoms with E-state index in [0.717, 1.165) is 11.1 Å². The van der Waals surface area contributed by atoms with Crippen LogP contribution in [0.4, 0.5) is 5.69 Å². The van der Waals surface area contributed by atoms with E-state index in [0.29, 0.717) is 41.0 Å². The van der Waals surface area contributed by atoms with Crippen LogP contribution in [0, 0.1) is 26.7 Å². The molecule has 1 saturated heterocycles. The smallest absolute Gasteiger partial charge is 0.300 e. The Morgan fingerprint density at radius 3 is 2.38 bits per heavy atom. The third-order valence-electron chi connectivity index (χ3n) is 5.87. The number of aryl methyl sites for hydroxylation is 3. The van der Waals surface area contributed by atoms with Crippen molar-refractivity contribution in [2.24, 2.45) is 5.92 Å². The molecule has 0 saturated carbocycles. The number of para-hydroxylation sites is 1. The third kappa shape index (κ3) is 4.23. The van der Waals surface area contributed by atoms with E-state index in [1.165, 1.54) is 4.90 Å². The average molecular weight is 460 g/mol. The first-order chi connectivity index (χ1) is 16.2. The minimum atomic E-state index is -0.882. The molecule has 4 rings (SSSR count). The molecule has 0 spiro atoms. The van der Waals surface area contributed by atoms with Crippen molar-refractivity contribution in [3.8, 4) is 5.75 Å². The van der Waals surface area contributed by atoms with Gasteiger partial charge in [0.1, 0.15) is 29.1 Å². The predicted octanol–water partition coefficient (Wildman–Crippen LogP) is 5.87. The summed E-state index contributed by atoms with van der Waals surface area (Å²) in [6.07, 6.45) is 0. The normalized spacial score (nSPS) is 17.6. The van der Waals surface area contributed by atoms with E-state index in [1.54, 1.807) is 43.3 Å². The number of Topliss-reactive ketones (excluding diaryl/α,β-unsaturated/α-hetero) is 1. The van der Waals surface area contributed by atoms with Crippen molar-refractivity contribution >= 4 is 23.1 Å². The number of carbonyl (C=O) groups excluding carboxylic acids is 2. The van der Waals surface area contributed by atoms with Gasteiger partial charge in [-0.3, -0.25) is 14.5 Å². The van der Waals surface area contributed by atoms with Gasteiger partial charge in [0.05, 0.1) is 12.2 Å². The van der Waals surface area contributed by atoms with Gasteiger partial charge < -0.3 is 14.3 Å². The molecule has 1 aliphatic rings. The number of rotatable bonds is 6. The summed E-state index contributed by atoms with van der Waals surface area (Å²) < 4.78 is 11.7. The van der Waals surface area contributed by atoms with Gasteiger partial charge in [-0.25, -0.2) is 0 Å². The fourth-order valence-electron chi connectivity index (χ4n) is 4.15. The molecular weight excluding hydrogens is 430 g/mol. The standard InChI is InChI=1S/C28H29NO5/c1-16(2)15-33-22-13-11-20(14-18(22)4)26(30)24-25(23-12-10-19(5)34-23)29(28(32)27(24)31)21-9-7-6-8-17(21)3/h6-14,16,25,30H,15H2,1-5H3/b26-24-. The lowest BCUT2D eigenvalue weighted by molar-refractivity contribution is -0.132. The van der Waals surface area contributed by atoms with Crippen LogP contribution >= 0.6 is 0 Å². The highest BCUT2D eigenvalue weighted by Crippen LogP contribution is 2.43. The topological polar surface area (TPSA) is 80.0 Å². The van der Waals surface area contributed by atoms with Gasteiger partial charge in [-0.05, 0) is 74.2 Å². The quantitative estimate of drug-likeness (QED) is 0.283. The van der Waals surface area contributed by atoms with Crippen LogP contribution in [-0.4, -0.2) is 23.4 Å². The molecule has 34 heavy (non-hydrogen) atoms. The Bertz CT molecular complexity index is 1280. The molecule has 1 N–H and O–H groups in total. The second kappa shape index (κ2) is 9.21. The van der Waals surface area contributed by atoms with E-state index >= 15 is 0 Å². The fraction of sp³-hybridized carbons (Fsp3) is 0.286. The first kappa shape index (κ1) is 23.4. The number of aliphatic hydroxyl groups excluding tert-OH is 1. The average Bonchev–Trinajstić information content (AvgIpc) is 3.33. The van der Waals surface area contributed by atoms with E-state index in [9.17, 15) is 14.7 Å². The molecule has 2 aromatic carbocycles. The van der Waals surface area contributed by atoms with Crippen molar-refractivity contribution < 1.29 is 23.8 Å². The molecule has 6 heteroatoms. The molecule has 1 amide bonds. The minimum absolute atomic E-state index is 0.00199. The van der Waals surface area contributed by atoms with Gasteiger partial charge in [0.25, 0.3) is 11.7 Å². The van der Waals surface area contributed by atoms with Crippen LogP contribution in [0.1, 0.15) is 48.1 Å². The molecule has 0 bridgehead atoms. The second-order valence-electron chi connectivity index (χ2n) is 9.09. The highest BCUT2D eigenvalue weighted by atomic mass is 16.5. The summed E-state index contributed by atoms with van der Waals surface area (Å²) in [7, 11) is 0. The highest BCUT2D eigenvalue weighted by molar-refractivity contribution is 6.51. The van der Waals surface area contributed by atoms with Gasteiger partial charge in [0.15, 0.2) is 0 Å². The second-order valence-corrected chi connectivity index (χ2v) is 9.09. The Morgan fingerprint density at radius 2 is 1.76 bits per heavy atom. The number of hydrogen-bond donors (Lipinski definition) is 1. The first-order valence-corrected chi connectivity index (χ1v) is 11.4. The molecule has 1 unspecified atom stereocenters. The summed E-state index contributed by atoms with van der Waals surface area (Å²) in [5.41, 5.74) is 2.68. The molecule has 176 valence electrons. The Labute approximate surface area is 199 Å². The van der Waals surface area contributed by atoms with Crippen molar-refractivity contribution in [1.29, 1.82) is 0 Å². The number of carbonyl (C=O) groups is 2. The Kier molecular flexibility index (Phi) is 6.33. The van der Waals surface area contributed by atoms with Crippen LogP contribution < -0.4 is 9.64 Å². The van der Waals surface area contributed by atoms with Gasteiger partial charge >= 0.3 is 0 Å². The number of aliphatic hydroxyl groups is 1. The summed E-state index contributed by atoms with van der Waals surface area (Å²) in [6, 6.07) is 15.2. The van der Waals surface area contributed by atoms with Gasteiger partial charge in [-0.15, -0.1) is 0 Å². The Balaban J connectivity index is 1.85. The predicted molar refractivity (Wildman–Crippen MR) is 131 cm³/mol. The number of anilines is 1. The van der Waals surface area contributed by atoms with Crippen molar-refractivity contribution in [2.45, 2.75) is 40.7 Å². The maximum Gasteiger partial charge on any atom is 0.300 e. The number of ketones is 1. The molecule has 0 radical (unpaired) electrons. The summed E-state index contributed by atoms with van der Waals surface area (Å²) >= 11 is 0. The van der Waals surface area contributed by atoms with Crippen molar-refractivity contribution in [3.63, 3.8) is 0 Å². The number of furan rings is 1. The maximum absolute atomic E-state index is 13.3. The summed E-state index contributed by atoms with van der Waals surface area (Å²) in [6.45, 7) is 10.3. The largest absolute Gasteiger partial charge is 0.507 e. The highest BCUT2D eigenvalue weighted by Gasteiger charge is 2.48. The number of nitrogens with zero attached hydrogens (tertiary/aromatic N) is 1. The summed E-state index contributed by atoms with van der Waals surface area (Å²) in [4.78, 5) is 27.9. The van der Waals surface area contributed by atoms with E-state index < -0.39 is 17.7 Å². The zero-order chi connectivity index (χ0) is 24.6. The molecule has 6 nitrogen and oxygen atoms in total. The molecule has 1 aliphatic heterocycles. The van der Waals surface area contributed by atoms with Gasteiger partial charge in [-0.2, -0.15) is 0 Å². The van der Waals surface area contributed by atoms with Crippen LogP contribution in [0.15, 0.2) is 64.6 Å². The molecule has 1 fully saturated rings. The van der Waals surface area contributed by atoms with Crippen LogP contribution in [0.5, 0.6) is 5.75 Å². The van der Waals surface area contributed by atoms with Crippen molar-refractivity contribution in [3.05, 3.63) is 88.4 Å². The zero-order valence-corrected chi connectivity index (χ0v) is 20.1. The lowest BCUT2D eigenvalue weighted by Gasteiger charge is -2.25. The Morgan fingerprint density at radius 1 is 1.03 bits per heavy atom. The number of benzene rings is 2. The van der Waals surface area contributed by atoms with Gasteiger partial charge in [0, 0.05) is 11.3 Å². The number of hydrogen-bond acceptors (Lipinski definition) is 5. The van der Waals surface area contributed by atoms with Crippen molar-refractivity contribution in [1.82, 2.24) is 0 Å². The molecule has 3 aromatic rings. The van der Waals surface area contributed by atoms with Crippen LogP contribution in [-0.2, 0) is 9.59 Å². The molecule has 0 aliphatic carbocycles. The van der Waals surface area contributed by atoms with Crippen LogP contribution in [0.2, 0.25) is 0 Å². The first-order valence-electron chi connectivity index (χ1n) is 11.4. The summed E-state index contributed by atoms with van der Waals surface area (Å²) in [5.74, 6) is 0.446. The molecule has 1 atom stereocenters. The van der Waals surface area contributed by atoms with E-state index in [1.807, 2.05) is 32.0 Å². The minimum Gasteiger partial charge on any atom is -0.507 e. The van der Waals surface area contributed by atoms with Gasteiger partial charge in [-0.1, -0.05) is 32.0 Å². The monoisotopic (exact) mass is 459 g/mol. The molecule has 1 aromatic heterocycles. The van der Waals surface area contributed by atoms with Gasteiger partial charge in [0.2, 0.25) is 0 Å².